The number of rotatable bonds is 4. The van der Waals surface area contributed by atoms with Gasteiger partial charge < -0.3 is 4.74 Å². The lowest BCUT2D eigenvalue weighted by Crippen LogP contribution is -2.56. The molecule has 0 unspecified atom stereocenters. The third-order valence-corrected chi connectivity index (χ3v) is 5.51. The van der Waals surface area contributed by atoms with E-state index in [9.17, 15) is 4.79 Å². The Morgan fingerprint density at radius 3 is 2.32 bits per heavy atom. The van der Waals surface area contributed by atoms with E-state index in [-0.39, 0.29) is 5.54 Å². The minimum atomic E-state index is -0.105. The number of nitrogens with zero attached hydrogens (tertiary/aromatic N) is 1. The summed E-state index contributed by atoms with van der Waals surface area (Å²) in [5, 5.41) is 0. The highest BCUT2D eigenvalue weighted by Gasteiger charge is 2.46. The van der Waals surface area contributed by atoms with Crippen LogP contribution in [0.4, 0.5) is 0 Å². The monoisotopic (exact) mass is 265 g/mol. The second-order valence-corrected chi connectivity index (χ2v) is 6.62. The van der Waals surface area contributed by atoms with Crippen molar-refractivity contribution in [2.24, 2.45) is 5.92 Å². The maximum Gasteiger partial charge on any atom is 0.153 e. The van der Waals surface area contributed by atoms with Gasteiger partial charge in [0.25, 0.3) is 0 Å². The molecule has 108 valence electrons. The van der Waals surface area contributed by atoms with E-state index in [2.05, 4.69) is 4.90 Å². The van der Waals surface area contributed by atoms with Gasteiger partial charge in [0.2, 0.25) is 0 Å². The molecular weight excluding hydrogens is 238 g/mol. The quantitative estimate of drug-likeness (QED) is 0.783. The summed E-state index contributed by atoms with van der Waals surface area (Å²) in [5.74, 6) is 1.24. The Balaban J connectivity index is 1.69. The molecule has 0 aromatic heterocycles. The average Bonchev–Trinajstić information content (AvgIpc) is 3.11. The molecule has 0 bridgehead atoms. The van der Waals surface area contributed by atoms with Crippen molar-refractivity contribution in [1.29, 1.82) is 0 Å². The smallest absolute Gasteiger partial charge is 0.153 e. The molecule has 3 heteroatoms. The zero-order valence-corrected chi connectivity index (χ0v) is 12.0. The lowest BCUT2D eigenvalue weighted by atomic mass is 9.84. The molecule has 0 spiro atoms. The van der Waals surface area contributed by atoms with Crippen LogP contribution in [0.15, 0.2) is 0 Å². The number of hydrogen-bond donors (Lipinski definition) is 0. The number of Topliss-reactive ketones (excluding diaryl/α,β-unsaturated/α-hetero) is 1. The molecule has 19 heavy (non-hydrogen) atoms. The van der Waals surface area contributed by atoms with Crippen LogP contribution in [-0.4, -0.2) is 42.5 Å². The molecule has 0 aromatic rings. The van der Waals surface area contributed by atoms with Crippen molar-refractivity contribution in [3.05, 3.63) is 0 Å². The predicted molar refractivity (Wildman–Crippen MR) is 75.2 cm³/mol. The minimum absolute atomic E-state index is 0.105. The van der Waals surface area contributed by atoms with E-state index in [4.69, 9.17) is 4.74 Å². The summed E-state index contributed by atoms with van der Waals surface area (Å²) in [4.78, 5) is 15.4. The molecule has 0 N–H and O–H groups in total. The average molecular weight is 265 g/mol. The normalized spacial score (nSPS) is 28.8. The highest BCUT2D eigenvalue weighted by molar-refractivity contribution is 5.89. The Bertz CT molecular complexity index is 311. The third kappa shape index (κ3) is 2.73. The van der Waals surface area contributed by atoms with E-state index < -0.39 is 0 Å². The third-order valence-electron chi connectivity index (χ3n) is 5.51. The van der Waals surface area contributed by atoms with Crippen LogP contribution in [-0.2, 0) is 9.53 Å². The van der Waals surface area contributed by atoms with Gasteiger partial charge in [0.15, 0.2) is 5.78 Å². The maximum absolute atomic E-state index is 12.9. The molecule has 1 saturated heterocycles. The van der Waals surface area contributed by atoms with Crippen LogP contribution >= 0.6 is 0 Å². The summed E-state index contributed by atoms with van der Waals surface area (Å²) in [6.45, 7) is 3.52. The van der Waals surface area contributed by atoms with Gasteiger partial charge in [-0.05, 0) is 18.8 Å². The van der Waals surface area contributed by atoms with Crippen LogP contribution in [0.1, 0.15) is 57.8 Å². The Labute approximate surface area is 116 Å². The number of carbonyl (C=O) groups is 1. The molecule has 1 aliphatic heterocycles. The van der Waals surface area contributed by atoms with Crippen molar-refractivity contribution in [2.45, 2.75) is 63.3 Å². The summed E-state index contributed by atoms with van der Waals surface area (Å²) < 4.78 is 5.46. The first-order valence-electron chi connectivity index (χ1n) is 8.17. The topological polar surface area (TPSA) is 29.5 Å². The zero-order valence-electron chi connectivity index (χ0n) is 12.0. The molecule has 0 radical (unpaired) electrons. The SMILES string of the molecule is O=C(CC1CCCC1)C1(N2CCOCC2)CCCC1. The van der Waals surface area contributed by atoms with E-state index in [0.717, 1.165) is 45.6 Å². The maximum atomic E-state index is 12.9. The van der Waals surface area contributed by atoms with Crippen LogP contribution in [0.25, 0.3) is 0 Å². The highest BCUT2D eigenvalue weighted by atomic mass is 16.5. The largest absolute Gasteiger partial charge is 0.379 e. The first-order valence-corrected chi connectivity index (χ1v) is 8.17. The first-order chi connectivity index (χ1) is 9.31. The van der Waals surface area contributed by atoms with E-state index in [1.165, 1.54) is 38.5 Å². The summed E-state index contributed by atoms with van der Waals surface area (Å²) in [5.41, 5.74) is -0.105. The van der Waals surface area contributed by atoms with Crippen molar-refractivity contribution in [2.75, 3.05) is 26.3 Å². The molecule has 3 aliphatic rings. The van der Waals surface area contributed by atoms with E-state index in [1.807, 2.05) is 0 Å². The molecule has 1 heterocycles. The number of ether oxygens (including phenoxy) is 1. The predicted octanol–water partition coefficient (Wildman–Crippen LogP) is 2.78. The van der Waals surface area contributed by atoms with Gasteiger partial charge in [0, 0.05) is 19.5 Å². The lowest BCUT2D eigenvalue weighted by molar-refractivity contribution is -0.135. The van der Waals surface area contributed by atoms with Crippen LogP contribution in [0.3, 0.4) is 0 Å². The van der Waals surface area contributed by atoms with Crippen molar-refractivity contribution < 1.29 is 9.53 Å². The molecule has 2 aliphatic carbocycles. The number of morpholine rings is 1. The fraction of sp³-hybridized carbons (Fsp3) is 0.938. The second-order valence-electron chi connectivity index (χ2n) is 6.62. The molecule has 3 fully saturated rings. The van der Waals surface area contributed by atoms with Crippen molar-refractivity contribution in [1.82, 2.24) is 4.90 Å². The van der Waals surface area contributed by atoms with Gasteiger partial charge in [0.1, 0.15) is 0 Å². The minimum Gasteiger partial charge on any atom is -0.379 e. The van der Waals surface area contributed by atoms with E-state index in [1.54, 1.807) is 0 Å². The Morgan fingerprint density at radius 1 is 1.05 bits per heavy atom. The van der Waals surface area contributed by atoms with Gasteiger partial charge in [-0.3, -0.25) is 9.69 Å². The molecule has 0 aromatic carbocycles. The Kier molecular flexibility index (Phi) is 4.23. The van der Waals surface area contributed by atoms with Crippen molar-refractivity contribution >= 4 is 5.78 Å². The van der Waals surface area contributed by atoms with Gasteiger partial charge in [-0.2, -0.15) is 0 Å². The zero-order chi connectivity index (χ0) is 13.1. The van der Waals surface area contributed by atoms with Crippen molar-refractivity contribution in [3.63, 3.8) is 0 Å². The molecule has 3 nitrogen and oxygen atoms in total. The fourth-order valence-corrected chi connectivity index (χ4v) is 4.39. The molecule has 3 rings (SSSR count). The van der Waals surface area contributed by atoms with Gasteiger partial charge >= 0.3 is 0 Å². The lowest BCUT2D eigenvalue weighted by Gasteiger charge is -2.42. The molecule has 0 atom stereocenters. The Hall–Kier alpha value is -0.410. The van der Waals surface area contributed by atoms with Crippen molar-refractivity contribution in [3.8, 4) is 0 Å². The van der Waals surface area contributed by atoms with Crippen LogP contribution in [0, 0.1) is 5.92 Å². The first kappa shape index (κ1) is 13.6. The fourth-order valence-electron chi connectivity index (χ4n) is 4.39. The number of ketones is 1. The highest BCUT2D eigenvalue weighted by Crippen LogP contribution is 2.39. The van der Waals surface area contributed by atoms with Crippen LogP contribution in [0.5, 0.6) is 0 Å². The molecule has 0 amide bonds. The summed E-state index contributed by atoms with van der Waals surface area (Å²) >= 11 is 0. The summed E-state index contributed by atoms with van der Waals surface area (Å²) in [6.07, 6.45) is 10.7. The summed E-state index contributed by atoms with van der Waals surface area (Å²) in [7, 11) is 0. The summed E-state index contributed by atoms with van der Waals surface area (Å²) in [6, 6.07) is 0. The Morgan fingerprint density at radius 2 is 1.68 bits per heavy atom. The van der Waals surface area contributed by atoms with Gasteiger partial charge in [-0.25, -0.2) is 0 Å². The van der Waals surface area contributed by atoms with Gasteiger partial charge in [-0.15, -0.1) is 0 Å². The molecule has 2 saturated carbocycles. The van der Waals surface area contributed by atoms with Crippen LogP contribution in [0.2, 0.25) is 0 Å². The standard InChI is InChI=1S/C16H27NO2/c18-15(13-14-5-1-2-6-14)16(7-3-4-8-16)17-9-11-19-12-10-17/h14H,1-13H2. The number of carbonyl (C=O) groups excluding carboxylic acids is 1. The van der Waals surface area contributed by atoms with Crippen LogP contribution < -0.4 is 0 Å². The second kappa shape index (κ2) is 5.92. The van der Waals surface area contributed by atoms with Gasteiger partial charge in [-0.1, -0.05) is 38.5 Å². The molecular formula is C16H27NO2. The number of hydrogen-bond acceptors (Lipinski definition) is 3. The van der Waals surface area contributed by atoms with E-state index in [0.29, 0.717) is 11.7 Å². The van der Waals surface area contributed by atoms with Gasteiger partial charge in [0.05, 0.1) is 18.8 Å². The van der Waals surface area contributed by atoms with E-state index >= 15 is 0 Å².